The minimum Gasteiger partial charge on any atom is -0.398 e. The molecule has 0 saturated heterocycles. The van der Waals surface area contributed by atoms with E-state index in [9.17, 15) is 4.79 Å². The molecule has 2 rings (SSSR count). The topological polar surface area (TPSA) is 68.0 Å². The van der Waals surface area contributed by atoms with Crippen molar-refractivity contribution in [1.82, 2.24) is 10.3 Å². The summed E-state index contributed by atoms with van der Waals surface area (Å²) >= 11 is 4.88. The zero-order chi connectivity index (χ0) is 13.1. The first-order chi connectivity index (χ1) is 8.56. The minimum absolute atomic E-state index is 0.193. The van der Waals surface area contributed by atoms with Crippen LogP contribution in [0.2, 0.25) is 0 Å². The first-order valence-electron chi connectivity index (χ1n) is 5.31. The normalized spacial score (nSPS) is 10.3. The highest BCUT2D eigenvalue weighted by Gasteiger charge is 2.10. The molecule has 4 nitrogen and oxygen atoms in total. The Hall–Kier alpha value is -1.40. The monoisotopic (exact) mass is 325 g/mol. The van der Waals surface area contributed by atoms with Crippen molar-refractivity contribution in [2.24, 2.45) is 0 Å². The molecule has 1 aromatic carbocycles. The van der Waals surface area contributed by atoms with Crippen molar-refractivity contribution >= 4 is 38.9 Å². The smallest absolute Gasteiger partial charge is 0.253 e. The molecule has 0 aliphatic heterocycles. The summed E-state index contributed by atoms with van der Waals surface area (Å²) in [4.78, 5) is 17.3. The molecule has 0 spiro atoms. The molecule has 94 valence electrons. The Morgan fingerprint density at radius 3 is 3.00 bits per heavy atom. The number of hydrogen-bond donors (Lipinski definition) is 2. The zero-order valence-corrected chi connectivity index (χ0v) is 12.1. The van der Waals surface area contributed by atoms with E-state index >= 15 is 0 Å². The Labute approximate surface area is 117 Å². The van der Waals surface area contributed by atoms with Crippen LogP contribution in [0.4, 0.5) is 5.69 Å². The fraction of sp³-hybridized carbons (Fsp3) is 0.167. The zero-order valence-electron chi connectivity index (χ0n) is 9.74. The molecular weight excluding hydrogens is 314 g/mol. The number of nitrogens with one attached hydrogen (secondary N) is 1. The van der Waals surface area contributed by atoms with Crippen LogP contribution in [0.25, 0.3) is 0 Å². The van der Waals surface area contributed by atoms with E-state index in [4.69, 9.17) is 5.73 Å². The maximum Gasteiger partial charge on any atom is 0.253 e. The number of carbonyl (C=O) groups excluding carboxylic acids is 1. The number of benzene rings is 1. The van der Waals surface area contributed by atoms with Gasteiger partial charge in [-0.3, -0.25) is 4.79 Å². The summed E-state index contributed by atoms with van der Waals surface area (Å²) in [6.07, 6.45) is 1.79. The van der Waals surface area contributed by atoms with Gasteiger partial charge in [0, 0.05) is 21.2 Å². The van der Waals surface area contributed by atoms with Crippen LogP contribution in [0.5, 0.6) is 0 Å². The van der Waals surface area contributed by atoms with Gasteiger partial charge in [0.05, 0.1) is 12.1 Å². The first kappa shape index (κ1) is 13.0. The van der Waals surface area contributed by atoms with E-state index in [0.717, 1.165) is 14.4 Å². The van der Waals surface area contributed by atoms with Crippen LogP contribution in [0.1, 0.15) is 20.2 Å². The quantitative estimate of drug-likeness (QED) is 0.852. The number of aryl methyl sites for hydroxylation is 1. The molecule has 0 bridgehead atoms. The van der Waals surface area contributed by atoms with Gasteiger partial charge in [-0.1, -0.05) is 15.9 Å². The van der Waals surface area contributed by atoms with Crippen LogP contribution < -0.4 is 11.1 Å². The average Bonchev–Trinajstić information content (AvgIpc) is 2.75. The summed E-state index contributed by atoms with van der Waals surface area (Å²) in [6.45, 7) is 2.40. The lowest BCUT2D eigenvalue weighted by Gasteiger charge is -2.06. The molecule has 1 heterocycles. The highest BCUT2D eigenvalue weighted by molar-refractivity contribution is 9.10. The third kappa shape index (κ3) is 3.08. The number of nitrogens with two attached hydrogens (primary N) is 1. The van der Waals surface area contributed by atoms with Gasteiger partial charge in [0.2, 0.25) is 0 Å². The summed E-state index contributed by atoms with van der Waals surface area (Å²) < 4.78 is 0.826. The number of amides is 1. The van der Waals surface area contributed by atoms with Gasteiger partial charge in [-0.05, 0) is 25.1 Å². The van der Waals surface area contributed by atoms with Gasteiger partial charge in [0.15, 0.2) is 0 Å². The van der Waals surface area contributed by atoms with Crippen LogP contribution >= 0.6 is 27.3 Å². The Bertz CT molecular complexity index is 582. The predicted molar refractivity (Wildman–Crippen MR) is 76.6 cm³/mol. The third-order valence-corrected chi connectivity index (χ3v) is 3.74. The maximum absolute atomic E-state index is 12.0. The Morgan fingerprint density at radius 2 is 2.33 bits per heavy atom. The van der Waals surface area contributed by atoms with Crippen molar-refractivity contribution < 1.29 is 4.79 Å². The van der Waals surface area contributed by atoms with Gasteiger partial charge in [0.25, 0.3) is 5.91 Å². The second kappa shape index (κ2) is 5.49. The number of nitrogen functional groups attached to an aromatic ring is 1. The van der Waals surface area contributed by atoms with E-state index in [1.807, 2.05) is 6.92 Å². The lowest BCUT2D eigenvalue weighted by atomic mass is 10.1. The molecule has 0 unspecified atom stereocenters. The van der Waals surface area contributed by atoms with Gasteiger partial charge >= 0.3 is 0 Å². The molecule has 3 N–H and O–H groups in total. The van der Waals surface area contributed by atoms with Crippen molar-refractivity contribution in [3.63, 3.8) is 0 Å². The fourth-order valence-corrected chi connectivity index (χ4v) is 2.55. The largest absolute Gasteiger partial charge is 0.398 e. The fourth-order valence-electron chi connectivity index (χ4n) is 1.46. The van der Waals surface area contributed by atoms with Gasteiger partial charge in [0.1, 0.15) is 5.01 Å². The van der Waals surface area contributed by atoms with Crippen molar-refractivity contribution in [3.8, 4) is 0 Å². The number of carbonyl (C=O) groups is 1. The highest BCUT2D eigenvalue weighted by Crippen LogP contribution is 2.18. The number of thiazole rings is 1. The molecule has 0 saturated carbocycles. The van der Waals surface area contributed by atoms with E-state index in [0.29, 0.717) is 17.8 Å². The van der Waals surface area contributed by atoms with Crippen LogP contribution in [-0.4, -0.2) is 10.9 Å². The molecule has 0 atom stereocenters. The Balaban J connectivity index is 2.05. The van der Waals surface area contributed by atoms with E-state index in [1.165, 1.54) is 0 Å². The van der Waals surface area contributed by atoms with Crippen molar-refractivity contribution in [2.45, 2.75) is 13.5 Å². The van der Waals surface area contributed by atoms with Gasteiger partial charge in [-0.25, -0.2) is 4.98 Å². The van der Waals surface area contributed by atoms with E-state index in [1.54, 1.807) is 35.7 Å². The predicted octanol–water partition coefficient (Wildman–Crippen LogP) is 2.73. The first-order valence-corrected chi connectivity index (χ1v) is 6.92. The molecule has 2 aromatic rings. The molecule has 0 fully saturated rings. The van der Waals surface area contributed by atoms with E-state index < -0.39 is 0 Å². The van der Waals surface area contributed by atoms with Gasteiger partial charge in [-0.2, -0.15) is 0 Å². The molecule has 18 heavy (non-hydrogen) atoms. The molecule has 0 aliphatic carbocycles. The molecule has 6 heteroatoms. The average molecular weight is 326 g/mol. The molecule has 1 amide bonds. The summed E-state index contributed by atoms with van der Waals surface area (Å²) in [5.41, 5.74) is 6.70. The number of nitrogens with zero attached hydrogens (tertiary/aromatic N) is 1. The summed E-state index contributed by atoms with van der Waals surface area (Å²) in [5, 5.41) is 3.69. The number of aromatic nitrogens is 1. The summed E-state index contributed by atoms with van der Waals surface area (Å²) in [5.74, 6) is -0.193. The van der Waals surface area contributed by atoms with Gasteiger partial charge in [-0.15, -0.1) is 11.3 Å². The van der Waals surface area contributed by atoms with Crippen molar-refractivity contribution in [3.05, 3.63) is 44.3 Å². The standard InChI is InChI=1S/C12H12BrN3OS/c1-7-5-15-11(18-7)6-16-12(17)9-4-8(13)2-3-10(9)14/h2-5H,6,14H2,1H3,(H,16,17). The van der Waals surface area contributed by atoms with Crippen LogP contribution in [-0.2, 0) is 6.54 Å². The SMILES string of the molecule is Cc1cnc(CNC(=O)c2cc(Br)ccc2N)s1. The number of anilines is 1. The van der Waals surface area contributed by atoms with E-state index in [2.05, 4.69) is 26.2 Å². The van der Waals surface area contributed by atoms with Crippen LogP contribution in [0.15, 0.2) is 28.9 Å². The second-order valence-corrected chi connectivity index (χ2v) is 6.01. The number of rotatable bonds is 3. The second-order valence-electron chi connectivity index (χ2n) is 3.78. The molecule has 1 aromatic heterocycles. The lowest BCUT2D eigenvalue weighted by Crippen LogP contribution is -2.23. The Morgan fingerprint density at radius 1 is 1.56 bits per heavy atom. The summed E-state index contributed by atoms with van der Waals surface area (Å²) in [7, 11) is 0. The maximum atomic E-state index is 12.0. The van der Waals surface area contributed by atoms with Crippen molar-refractivity contribution in [2.75, 3.05) is 5.73 Å². The minimum atomic E-state index is -0.193. The number of halogens is 1. The highest BCUT2D eigenvalue weighted by atomic mass is 79.9. The summed E-state index contributed by atoms with van der Waals surface area (Å²) in [6, 6.07) is 5.21. The molecule has 0 aliphatic rings. The van der Waals surface area contributed by atoms with Crippen molar-refractivity contribution in [1.29, 1.82) is 0 Å². The van der Waals surface area contributed by atoms with Crippen LogP contribution in [0.3, 0.4) is 0 Å². The van der Waals surface area contributed by atoms with E-state index in [-0.39, 0.29) is 5.91 Å². The molecular formula is C12H12BrN3OS. The lowest BCUT2D eigenvalue weighted by molar-refractivity contribution is 0.0951. The molecule has 0 radical (unpaired) electrons. The third-order valence-electron chi connectivity index (χ3n) is 2.33. The Kier molecular flexibility index (Phi) is 3.98. The van der Waals surface area contributed by atoms with Crippen LogP contribution in [0, 0.1) is 6.92 Å². The van der Waals surface area contributed by atoms with Gasteiger partial charge < -0.3 is 11.1 Å². The number of hydrogen-bond acceptors (Lipinski definition) is 4.